The summed E-state index contributed by atoms with van der Waals surface area (Å²) in [6, 6.07) is 1.37. The van der Waals surface area contributed by atoms with Gasteiger partial charge >= 0.3 is 12.1 Å². The van der Waals surface area contributed by atoms with Gasteiger partial charge in [-0.05, 0) is 19.1 Å². The number of rotatable bonds is 8. The van der Waals surface area contributed by atoms with Crippen molar-refractivity contribution >= 4 is 21.6 Å². The molecule has 0 fully saturated rings. The smallest absolute Gasteiger partial charge is 0.227 e. The largest absolute Gasteiger partial charge is 0.453 e. The second-order valence-corrected chi connectivity index (χ2v) is 8.49. The molecule has 0 aliphatic carbocycles. The molecule has 0 aliphatic heterocycles. The van der Waals surface area contributed by atoms with E-state index in [9.17, 15) is 30.4 Å². The van der Waals surface area contributed by atoms with Crippen molar-refractivity contribution in [2.75, 3.05) is 17.3 Å². The van der Waals surface area contributed by atoms with E-state index in [1.165, 1.54) is 17.8 Å². The summed E-state index contributed by atoms with van der Waals surface area (Å²) in [6.45, 7) is 2.66. The van der Waals surface area contributed by atoms with E-state index in [2.05, 4.69) is 0 Å². The molecule has 0 saturated carbocycles. The van der Waals surface area contributed by atoms with Gasteiger partial charge in [-0.3, -0.25) is 0 Å². The van der Waals surface area contributed by atoms with Crippen LogP contribution in [0, 0.1) is 11.3 Å². The number of nitriles is 1. The van der Waals surface area contributed by atoms with Gasteiger partial charge in [0.05, 0.1) is 11.8 Å². The standard InChI is InChI=1S/C11H16F5NO2S2/c1-3-20-6-7-21(18,19)9(2,8-17)4-5-10(12,13)11(14,15)16/h3-7H2,1-2H3. The monoisotopic (exact) mass is 353 g/mol. The molecule has 21 heavy (non-hydrogen) atoms. The molecule has 0 aromatic rings. The number of alkyl halides is 5. The lowest BCUT2D eigenvalue weighted by molar-refractivity contribution is -0.284. The van der Waals surface area contributed by atoms with Crippen molar-refractivity contribution in [1.82, 2.24) is 0 Å². The summed E-state index contributed by atoms with van der Waals surface area (Å²) in [6.07, 6.45) is -8.57. The molecule has 1 atom stereocenters. The fourth-order valence-corrected chi connectivity index (χ4v) is 4.00. The van der Waals surface area contributed by atoms with Gasteiger partial charge in [0, 0.05) is 12.2 Å². The van der Waals surface area contributed by atoms with E-state index >= 15 is 0 Å². The number of thioether (sulfide) groups is 1. The van der Waals surface area contributed by atoms with Gasteiger partial charge in [-0.25, -0.2) is 8.42 Å². The molecule has 124 valence electrons. The predicted molar refractivity (Wildman–Crippen MR) is 71.0 cm³/mol. The topological polar surface area (TPSA) is 57.9 Å². The van der Waals surface area contributed by atoms with Crippen LogP contribution in [0.2, 0.25) is 0 Å². The molecule has 0 radical (unpaired) electrons. The highest BCUT2D eigenvalue weighted by Gasteiger charge is 2.58. The number of hydrogen-bond acceptors (Lipinski definition) is 4. The van der Waals surface area contributed by atoms with E-state index in [-0.39, 0.29) is 5.75 Å². The molecule has 10 heteroatoms. The van der Waals surface area contributed by atoms with E-state index in [0.29, 0.717) is 5.75 Å². The molecule has 0 amide bonds. The normalized spacial score (nSPS) is 16.3. The van der Waals surface area contributed by atoms with Crippen LogP contribution >= 0.6 is 11.8 Å². The van der Waals surface area contributed by atoms with Crippen LogP contribution in [0.3, 0.4) is 0 Å². The molecule has 1 unspecified atom stereocenters. The summed E-state index contributed by atoms with van der Waals surface area (Å²) in [5, 5.41) is 8.91. The van der Waals surface area contributed by atoms with E-state index in [4.69, 9.17) is 5.26 Å². The Bertz CT molecular complexity index is 484. The number of halogens is 5. The average Bonchev–Trinajstić information content (AvgIpc) is 2.34. The van der Waals surface area contributed by atoms with E-state index in [1.807, 2.05) is 0 Å². The molecule has 0 spiro atoms. The molecule has 0 aromatic carbocycles. The third-order valence-corrected chi connectivity index (χ3v) is 6.52. The zero-order chi connectivity index (χ0) is 16.9. The third-order valence-electron chi connectivity index (χ3n) is 2.95. The lowest BCUT2D eigenvalue weighted by Gasteiger charge is -2.25. The molecule has 3 nitrogen and oxygen atoms in total. The molecule has 0 saturated heterocycles. The highest BCUT2D eigenvalue weighted by atomic mass is 32.2. The summed E-state index contributed by atoms with van der Waals surface area (Å²) in [7, 11) is -4.09. The average molecular weight is 353 g/mol. The van der Waals surface area contributed by atoms with E-state index in [0.717, 1.165) is 6.92 Å². The molecule has 0 aliphatic rings. The first-order chi connectivity index (χ1) is 9.33. The number of sulfone groups is 1. The lowest BCUT2D eigenvalue weighted by atomic mass is 10.0. The summed E-state index contributed by atoms with van der Waals surface area (Å²) in [4.78, 5) is 0. The maximum absolute atomic E-state index is 12.9. The van der Waals surface area contributed by atoms with Gasteiger partial charge in [0.2, 0.25) is 0 Å². The second kappa shape index (κ2) is 7.13. The summed E-state index contributed by atoms with van der Waals surface area (Å²) >= 11 is 1.27. The van der Waals surface area contributed by atoms with Crippen LogP contribution in [0.15, 0.2) is 0 Å². The highest BCUT2D eigenvalue weighted by Crippen LogP contribution is 2.41. The van der Waals surface area contributed by atoms with Gasteiger partial charge in [-0.1, -0.05) is 6.92 Å². The van der Waals surface area contributed by atoms with Crippen molar-refractivity contribution < 1.29 is 30.4 Å². The van der Waals surface area contributed by atoms with Crippen LogP contribution in [0.1, 0.15) is 26.7 Å². The first-order valence-electron chi connectivity index (χ1n) is 5.99. The Morgan fingerprint density at radius 2 is 1.67 bits per heavy atom. The minimum absolute atomic E-state index is 0.158. The molecular weight excluding hydrogens is 337 g/mol. The van der Waals surface area contributed by atoms with Crippen molar-refractivity contribution in [2.45, 2.75) is 43.5 Å². The fourth-order valence-electron chi connectivity index (χ4n) is 1.36. The first kappa shape index (κ1) is 20.4. The van der Waals surface area contributed by atoms with Gasteiger partial charge in [-0.2, -0.15) is 39.0 Å². The molecule has 0 aromatic heterocycles. The van der Waals surface area contributed by atoms with Crippen molar-refractivity contribution in [3.8, 4) is 6.07 Å². The minimum atomic E-state index is -5.76. The molecular formula is C11H16F5NO2S2. The Morgan fingerprint density at radius 1 is 1.14 bits per heavy atom. The van der Waals surface area contributed by atoms with Crippen LogP contribution in [0.5, 0.6) is 0 Å². The van der Waals surface area contributed by atoms with Gasteiger partial charge in [0.15, 0.2) is 14.6 Å². The fraction of sp³-hybridized carbons (Fsp3) is 0.909. The Balaban J connectivity index is 5.03. The molecule has 0 heterocycles. The van der Waals surface area contributed by atoms with E-state index in [1.54, 1.807) is 6.92 Å². The number of nitrogens with zero attached hydrogens (tertiary/aromatic N) is 1. The Labute approximate surface area is 124 Å². The van der Waals surface area contributed by atoms with Crippen molar-refractivity contribution in [3.05, 3.63) is 0 Å². The van der Waals surface area contributed by atoms with Crippen LogP contribution in [0.4, 0.5) is 22.0 Å². The summed E-state index contributed by atoms with van der Waals surface area (Å²) in [5.41, 5.74) is 0. The summed E-state index contributed by atoms with van der Waals surface area (Å²) in [5.74, 6) is -4.66. The Morgan fingerprint density at radius 3 is 2.05 bits per heavy atom. The minimum Gasteiger partial charge on any atom is -0.227 e. The molecule has 0 rings (SSSR count). The van der Waals surface area contributed by atoms with Crippen molar-refractivity contribution in [2.24, 2.45) is 0 Å². The van der Waals surface area contributed by atoms with Gasteiger partial charge in [-0.15, -0.1) is 0 Å². The number of hydrogen-bond donors (Lipinski definition) is 0. The van der Waals surface area contributed by atoms with Gasteiger partial charge in [0.1, 0.15) is 0 Å². The summed E-state index contributed by atoms with van der Waals surface area (Å²) < 4.78 is 83.6. The van der Waals surface area contributed by atoms with Crippen LogP contribution in [-0.4, -0.2) is 42.5 Å². The maximum Gasteiger partial charge on any atom is 0.453 e. The zero-order valence-electron chi connectivity index (χ0n) is 11.5. The predicted octanol–water partition coefficient (Wildman–Crippen LogP) is 3.41. The third kappa shape index (κ3) is 5.29. The van der Waals surface area contributed by atoms with Crippen LogP contribution in [0.25, 0.3) is 0 Å². The van der Waals surface area contributed by atoms with Crippen molar-refractivity contribution in [1.29, 1.82) is 5.26 Å². The second-order valence-electron chi connectivity index (χ2n) is 4.56. The van der Waals surface area contributed by atoms with E-state index < -0.39 is 45.3 Å². The Hall–Kier alpha value is -0.560. The van der Waals surface area contributed by atoms with Crippen LogP contribution in [-0.2, 0) is 9.84 Å². The van der Waals surface area contributed by atoms with Crippen LogP contribution < -0.4 is 0 Å². The SMILES string of the molecule is CCSCCS(=O)(=O)C(C)(C#N)CCC(F)(F)C(F)(F)F. The lowest BCUT2D eigenvalue weighted by Crippen LogP contribution is -2.42. The van der Waals surface area contributed by atoms with Crippen molar-refractivity contribution in [3.63, 3.8) is 0 Å². The molecule has 0 N–H and O–H groups in total. The maximum atomic E-state index is 12.9. The Kier molecular flexibility index (Phi) is 6.94. The first-order valence-corrected chi connectivity index (χ1v) is 8.79. The van der Waals surface area contributed by atoms with Gasteiger partial charge < -0.3 is 0 Å². The quantitative estimate of drug-likeness (QED) is 0.496. The van der Waals surface area contributed by atoms with Gasteiger partial charge in [0.25, 0.3) is 0 Å². The molecule has 0 bridgehead atoms. The highest BCUT2D eigenvalue weighted by molar-refractivity contribution is 8.00. The zero-order valence-corrected chi connectivity index (χ0v) is 13.1.